The Labute approximate surface area is 190 Å². The summed E-state index contributed by atoms with van der Waals surface area (Å²) in [5, 5.41) is 25.0. The molecule has 1 amide bonds. The molecule has 2 aliphatic rings. The van der Waals surface area contributed by atoms with Crippen LogP contribution < -0.4 is 10.6 Å². The number of nitriles is 2. The fourth-order valence-corrected chi connectivity index (χ4v) is 5.21. The Balaban J connectivity index is 1.40. The minimum atomic E-state index is -0.564. The van der Waals surface area contributed by atoms with Crippen LogP contribution >= 0.6 is 0 Å². The summed E-state index contributed by atoms with van der Waals surface area (Å²) in [5.74, 6) is 1.51. The molecule has 2 aromatic carbocycles. The second kappa shape index (κ2) is 9.55. The number of nitrogens with one attached hydrogen (secondary N) is 2. The first kappa shape index (κ1) is 22.1. The van der Waals surface area contributed by atoms with Crippen LogP contribution in [-0.2, 0) is 11.2 Å². The lowest BCUT2D eigenvalue weighted by atomic mass is 9.71. The third kappa shape index (κ3) is 4.54. The zero-order chi connectivity index (χ0) is 22.6. The number of hydrogen-bond donors (Lipinski definition) is 2. The monoisotopic (exact) mass is 426 g/mol. The van der Waals surface area contributed by atoms with Crippen LogP contribution in [0.4, 0.5) is 0 Å². The van der Waals surface area contributed by atoms with Gasteiger partial charge in [0, 0.05) is 6.42 Å². The van der Waals surface area contributed by atoms with E-state index < -0.39 is 11.6 Å². The van der Waals surface area contributed by atoms with Crippen molar-refractivity contribution in [3.05, 3.63) is 59.7 Å². The van der Waals surface area contributed by atoms with Gasteiger partial charge in [-0.15, -0.1) is 0 Å². The fraction of sp³-hybridized carbons (Fsp3) is 0.444. The number of rotatable bonds is 6. The van der Waals surface area contributed by atoms with Crippen molar-refractivity contribution in [2.24, 2.45) is 11.8 Å². The Morgan fingerprint density at radius 2 is 1.53 bits per heavy atom. The van der Waals surface area contributed by atoms with Gasteiger partial charge in [-0.25, -0.2) is 0 Å². The van der Waals surface area contributed by atoms with Crippen LogP contribution in [0.15, 0.2) is 48.5 Å². The first-order valence-corrected chi connectivity index (χ1v) is 11.6. The van der Waals surface area contributed by atoms with E-state index in [4.69, 9.17) is 5.26 Å². The highest BCUT2D eigenvalue weighted by Crippen LogP contribution is 2.45. The van der Waals surface area contributed by atoms with Gasteiger partial charge in [0.25, 0.3) is 0 Å². The van der Waals surface area contributed by atoms with Gasteiger partial charge in [-0.1, -0.05) is 36.4 Å². The summed E-state index contributed by atoms with van der Waals surface area (Å²) in [6.45, 7) is 0. The van der Waals surface area contributed by atoms with Gasteiger partial charge in [-0.3, -0.25) is 4.79 Å². The summed E-state index contributed by atoms with van der Waals surface area (Å²) in [4.78, 5) is 13.2. The van der Waals surface area contributed by atoms with E-state index in [0.717, 1.165) is 54.2 Å². The van der Waals surface area contributed by atoms with Crippen molar-refractivity contribution in [1.82, 2.24) is 10.6 Å². The number of nitrogens with zero attached hydrogens (tertiary/aromatic N) is 2. The number of carbonyl (C=O) groups is 1. The van der Waals surface area contributed by atoms with Crippen LogP contribution in [0.2, 0.25) is 0 Å². The summed E-state index contributed by atoms with van der Waals surface area (Å²) < 4.78 is 0. The normalized spacial score (nSPS) is 25.2. The number of likely N-dealkylation sites (N-methyl/N-ethyl adjacent to an activating group) is 1. The van der Waals surface area contributed by atoms with Gasteiger partial charge in [-0.05, 0) is 86.2 Å². The van der Waals surface area contributed by atoms with Crippen LogP contribution in [0, 0.1) is 34.5 Å². The molecule has 0 bridgehead atoms. The van der Waals surface area contributed by atoms with Gasteiger partial charge in [-0.2, -0.15) is 10.5 Å². The van der Waals surface area contributed by atoms with Crippen molar-refractivity contribution in [2.45, 2.75) is 56.5 Å². The van der Waals surface area contributed by atoms with E-state index in [0.29, 0.717) is 12.0 Å². The Hall–Kier alpha value is -3.15. The first-order chi connectivity index (χ1) is 15.6. The summed E-state index contributed by atoms with van der Waals surface area (Å²) in [5.41, 5.74) is 3.17. The van der Waals surface area contributed by atoms with Gasteiger partial charge in [0.2, 0.25) is 5.91 Å². The summed E-state index contributed by atoms with van der Waals surface area (Å²) >= 11 is 0. The SMILES string of the molecule is CNC1(C(=O)N[C@H](C#N)Cc2ccc(-c3ccc(C#N)cc3)cc2)CCC2CCC2CC1. The molecule has 2 N–H and O–H groups in total. The van der Waals surface area contributed by atoms with E-state index >= 15 is 0 Å². The molecule has 3 atom stereocenters. The van der Waals surface area contributed by atoms with E-state index in [1.165, 1.54) is 12.8 Å². The van der Waals surface area contributed by atoms with Crippen LogP contribution in [0.25, 0.3) is 11.1 Å². The number of benzene rings is 2. The highest BCUT2D eigenvalue weighted by molar-refractivity contribution is 5.87. The predicted molar refractivity (Wildman–Crippen MR) is 124 cm³/mol. The van der Waals surface area contributed by atoms with E-state index in [9.17, 15) is 10.1 Å². The van der Waals surface area contributed by atoms with E-state index in [1.54, 1.807) is 12.1 Å². The Morgan fingerprint density at radius 3 is 2.00 bits per heavy atom. The molecular formula is C27H30N4O. The summed E-state index contributed by atoms with van der Waals surface area (Å²) in [7, 11) is 1.87. The van der Waals surface area contributed by atoms with Gasteiger partial charge < -0.3 is 10.6 Å². The molecule has 5 heteroatoms. The van der Waals surface area contributed by atoms with Gasteiger partial charge in [0.1, 0.15) is 6.04 Å². The number of carbonyl (C=O) groups excluding carboxylic acids is 1. The molecule has 0 spiro atoms. The maximum atomic E-state index is 13.2. The highest BCUT2D eigenvalue weighted by atomic mass is 16.2. The highest BCUT2D eigenvalue weighted by Gasteiger charge is 2.44. The second-order valence-corrected chi connectivity index (χ2v) is 9.25. The molecule has 0 heterocycles. The fourth-order valence-electron chi connectivity index (χ4n) is 5.21. The van der Waals surface area contributed by atoms with Gasteiger partial charge in [0.15, 0.2) is 0 Å². The zero-order valence-electron chi connectivity index (χ0n) is 18.6. The lowest BCUT2D eigenvalue weighted by Crippen LogP contribution is -2.57. The van der Waals surface area contributed by atoms with Crippen molar-refractivity contribution in [2.75, 3.05) is 7.05 Å². The minimum Gasteiger partial charge on any atom is -0.338 e. The molecule has 2 aliphatic carbocycles. The summed E-state index contributed by atoms with van der Waals surface area (Å²) in [6, 6.07) is 19.4. The molecule has 164 valence electrons. The lowest BCUT2D eigenvalue weighted by molar-refractivity contribution is -0.128. The predicted octanol–water partition coefficient (Wildman–Crippen LogP) is 4.33. The number of hydrogen-bond acceptors (Lipinski definition) is 4. The van der Waals surface area contributed by atoms with Crippen molar-refractivity contribution in [1.29, 1.82) is 10.5 Å². The van der Waals surface area contributed by atoms with Crippen LogP contribution in [0.5, 0.6) is 0 Å². The Bertz CT molecular complexity index is 1020. The molecule has 4 rings (SSSR count). The van der Waals surface area contributed by atoms with Gasteiger partial charge in [0.05, 0.1) is 23.2 Å². The van der Waals surface area contributed by atoms with Crippen molar-refractivity contribution < 1.29 is 4.79 Å². The molecule has 2 saturated carbocycles. The minimum absolute atomic E-state index is 0.0398. The quantitative estimate of drug-likeness (QED) is 0.719. The maximum Gasteiger partial charge on any atom is 0.241 e. The third-order valence-corrected chi connectivity index (χ3v) is 7.57. The number of fused-ring (bicyclic) bond motifs is 1. The van der Waals surface area contributed by atoms with Crippen molar-refractivity contribution in [3.8, 4) is 23.3 Å². The molecule has 2 fully saturated rings. The van der Waals surface area contributed by atoms with Gasteiger partial charge >= 0.3 is 0 Å². The molecule has 2 aromatic rings. The van der Waals surface area contributed by atoms with E-state index in [-0.39, 0.29) is 5.91 Å². The molecule has 0 aromatic heterocycles. The molecule has 5 nitrogen and oxygen atoms in total. The molecule has 0 aliphatic heterocycles. The number of amides is 1. The largest absolute Gasteiger partial charge is 0.338 e. The molecule has 0 radical (unpaired) electrons. The topological polar surface area (TPSA) is 88.7 Å². The second-order valence-electron chi connectivity index (χ2n) is 9.25. The van der Waals surface area contributed by atoms with E-state index in [2.05, 4.69) is 22.8 Å². The molecule has 2 unspecified atom stereocenters. The molecule has 0 saturated heterocycles. The smallest absolute Gasteiger partial charge is 0.241 e. The summed E-state index contributed by atoms with van der Waals surface area (Å²) in [6.07, 6.45) is 6.93. The van der Waals surface area contributed by atoms with Crippen molar-refractivity contribution >= 4 is 5.91 Å². The van der Waals surface area contributed by atoms with Crippen LogP contribution in [0.3, 0.4) is 0 Å². The Kier molecular flexibility index (Phi) is 6.58. The van der Waals surface area contributed by atoms with E-state index in [1.807, 2.05) is 43.4 Å². The zero-order valence-corrected chi connectivity index (χ0v) is 18.6. The average Bonchev–Trinajstić information content (AvgIpc) is 2.95. The average molecular weight is 427 g/mol. The first-order valence-electron chi connectivity index (χ1n) is 11.6. The molecule has 32 heavy (non-hydrogen) atoms. The Morgan fingerprint density at radius 1 is 0.969 bits per heavy atom. The maximum absolute atomic E-state index is 13.2. The van der Waals surface area contributed by atoms with Crippen LogP contribution in [0.1, 0.15) is 49.7 Å². The standard InChI is InChI=1S/C27H30N4O/c1-30-27(14-12-23-10-11-24(23)13-15-27)26(32)31-25(18-29)16-19-2-6-21(7-3-19)22-8-4-20(17-28)5-9-22/h2-9,23-25,30H,10-16H2,1H3,(H,31,32)/t23?,24?,25-,27?/m0/s1. The lowest BCUT2D eigenvalue weighted by Gasteiger charge is -2.34. The molecular weight excluding hydrogens is 396 g/mol. The third-order valence-electron chi connectivity index (χ3n) is 7.57. The van der Waals surface area contributed by atoms with Crippen LogP contribution in [-0.4, -0.2) is 24.5 Å². The van der Waals surface area contributed by atoms with Crippen molar-refractivity contribution in [3.63, 3.8) is 0 Å².